The minimum Gasteiger partial charge on any atom is -0.385 e. The molecule has 1 aromatic carbocycles. The Morgan fingerprint density at radius 2 is 1.82 bits per heavy atom. The number of halogens is 1. The molecule has 1 heterocycles. The van der Waals surface area contributed by atoms with E-state index in [4.69, 9.17) is 4.74 Å². The van der Waals surface area contributed by atoms with Crippen molar-refractivity contribution >= 4 is 23.3 Å². The van der Waals surface area contributed by atoms with Gasteiger partial charge in [-0.2, -0.15) is 0 Å². The molecular formula is C22H36FN3OS. The summed E-state index contributed by atoms with van der Waals surface area (Å²) in [4.78, 5) is 2.10. The van der Waals surface area contributed by atoms with Gasteiger partial charge in [-0.15, -0.1) is 0 Å². The van der Waals surface area contributed by atoms with Crippen LogP contribution >= 0.6 is 11.9 Å². The number of morpholine rings is 1. The number of hydrogen-bond acceptors (Lipinski definition) is 5. The minimum absolute atomic E-state index is 0.129. The molecule has 2 N–H and O–H groups in total. The monoisotopic (exact) mass is 409 g/mol. The summed E-state index contributed by atoms with van der Waals surface area (Å²) >= 11 is 1.84. The molecule has 0 radical (unpaired) electrons. The highest BCUT2D eigenvalue weighted by molar-refractivity contribution is 7.98. The molecular weight excluding hydrogens is 373 g/mol. The number of ether oxygens (including phenoxy) is 1. The predicted octanol–water partition coefficient (Wildman–Crippen LogP) is 5.06. The van der Waals surface area contributed by atoms with Gasteiger partial charge in [-0.05, 0) is 63.6 Å². The van der Waals surface area contributed by atoms with E-state index < -0.39 is 0 Å². The summed E-state index contributed by atoms with van der Waals surface area (Å²) in [6.07, 6.45) is 5.18. The number of benzene rings is 1. The summed E-state index contributed by atoms with van der Waals surface area (Å²) in [5.41, 5.74) is 1.56. The molecule has 28 heavy (non-hydrogen) atoms. The Kier molecular flexibility index (Phi) is 7.89. The fourth-order valence-electron chi connectivity index (χ4n) is 4.23. The van der Waals surface area contributed by atoms with Crippen LogP contribution in [0.5, 0.6) is 0 Å². The summed E-state index contributed by atoms with van der Waals surface area (Å²) in [5.74, 6) is 0.524. The molecule has 2 atom stereocenters. The van der Waals surface area contributed by atoms with Crippen molar-refractivity contribution in [3.05, 3.63) is 24.0 Å². The topological polar surface area (TPSA) is 36.5 Å². The Morgan fingerprint density at radius 3 is 2.43 bits per heavy atom. The summed E-state index contributed by atoms with van der Waals surface area (Å²) in [5, 5.41) is 4.09. The van der Waals surface area contributed by atoms with E-state index in [2.05, 4.69) is 28.8 Å². The molecule has 158 valence electrons. The molecule has 1 saturated heterocycles. The number of nitrogens with zero attached hydrogens (tertiary/aromatic N) is 1. The first-order valence-corrected chi connectivity index (χ1v) is 11.6. The van der Waals surface area contributed by atoms with E-state index in [-0.39, 0.29) is 18.0 Å². The molecule has 1 aromatic rings. The summed E-state index contributed by atoms with van der Waals surface area (Å²) < 4.78 is 24.1. The van der Waals surface area contributed by atoms with Crippen molar-refractivity contribution in [1.82, 2.24) is 4.72 Å². The maximum absolute atomic E-state index is 14.7. The molecule has 2 aliphatic rings. The van der Waals surface area contributed by atoms with E-state index in [9.17, 15) is 4.39 Å². The van der Waals surface area contributed by atoms with E-state index in [1.54, 1.807) is 6.07 Å². The molecule has 3 rings (SSSR count). The lowest BCUT2D eigenvalue weighted by Gasteiger charge is -2.37. The van der Waals surface area contributed by atoms with Crippen LogP contribution in [0.2, 0.25) is 0 Å². The van der Waals surface area contributed by atoms with Gasteiger partial charge in [-0.25, -0.2) is 4.39 Å². The van der Waals surface area contributed by atoms with Crippen LogP contribution in [0.3, 0.4) is 0 Å². The molecule has 6 heteroatoms. The first-order valence-electron chi connectivity index (χ1n) is 10.8. The molecule has 1 saturated carbocycles. The van der Waals surface area contributed by atoms with Gasteiger partial charge in [0.15, 0.2) is 0 Å². The van der Waals surface area contributed by atoms with Crippen molar-refractivity contribution in [3.63, 3.8) is 0 Å². The summed E-state index contributed by atoms with van der Waals surface area (Å²) in [7, 11) is 0. The molecule has 1 aliphatic carbocycles. The smallest absolute Gasteiger partial charge is 0.148 e. The first-order chi connectivity index (χ1) is 13.4. The lowest BCUT2D eigenvalue weighted by atomic mass is 9.86. The second-order valence-electron chi connectivity index (χ2n) is 8.71. The summed E-state index contributed by atoms with van der Waals surface area (Å²) in [6.45, 7) is 10.9. The molecule has 0 aromatic heterocycles. The van der Waals surface area contributed by atoms with Crippen molar-refractivity contribution in [1.29, 1.82) is 0 Å². The van der Waals surface area contributed by atoms with Gasteiger partial charge in [0.1, 0.15) is 5.82 Å². The van der Waals surface area contributed by atoms with Crippen LogP contribution in [0.1, 0.15) is 53.4 Å². The SMILES string of the molecule is CC(C)SNC1CCC(CNc2ccc(N3C[C@@H](C)O[C@@H](C)C3)c(F)c2)CC1. The van der Waals surface area contributed by atoms with E-state index in [1.165, 1.54) is 25.7 Å². The normalized spacial score (nSPS) is 28.6. The lowest BCUT2D eigenvalue weighted by Crippen LogP contribution is -2.45. The molecule has 0 bridgehead atoms. The largest absolute Gasteiger partial charge is 0.385 e. The van der Waals surface area contributed by atoms with E-state index in [0.717, 1.165) is 25.3 Å². The van der Waals surface area contributed by atoms with Gasteiger partial charge in [0.25, 0.3) is 0 Å². The minimum atomic E-state index is -0.148. The lowest BCUT2D eigenvalue weighted by molar-refractivity contribution is -0.00539. The fraction of sp³-hybridized carbons (Fsp3) is 0.727. The van der Waals surface area contributed by atoms with Gasteiger partial charge in [0.05, 0.1) is 17.9 Å². The third-order valence-corrected chi connectivity index (χ3v) is 6.56. The zero-order valence-corrected chi connectivity index (χ0v) is 18.5. The average molecular weight is 410 g/mol. The van der Waals surface area contributed by atoms with Crippen LogP contribution in [0.15, 0.2) is 18.2 Å². The maximum Gasteiger partial charge on any atom is 0.148 e. The maximum atomic E-state index is 14.7. The van der Waals surface area contributed by atoms with E-state index >= 15 is 0 Å². The van der Waals surface area contributed by atoms with Gasteiger partial charge >= 0.3 is 0 Å². The van der Waals surface area contributed by atoms with Gasteiger partial charge in [0.2, 0.25) is 0 Å². The van der Waals surface area contributed by atoms with Crippen molar-refractivity contribution in [2.24, 2.45) is 5.92 Å². The Balaban J connectivity index is 1.46. The molecule has 0 spiro atoms. The third kappa shape index (κ3) is 6.26. The van der Waals surface area contributed by atoms with Crippen molar-refractivity contribution in [2.45, 2.75) is 76.9 Å². The van der Waals surface area contributed by atoms with Crippen LogP contribution in [0.25, 0.3) is 0 Å². The Bertz CT molecular complexity index is 612. The van der Waals surface area contributed by atoms with Crippen molar-refractivity contribution < 1.29 is 9.13 Å². The highest BCUT2D eigenvalue weighted by Crippen LogP contribution is 2.28. The molecule has 4 nitrogen and oxygen atoms in total. The number of rotatable bonds is 7. The van der Waals surface area contributed by atoms with Gasteiger partial charge in [0, 0.05) is 36.6 Å². The van der Waals surface area contributed by atoms with Crippen LogP contribution in [0, 0.1) is 11.7 Å². The highest BCUT2D eigenvalue weighted by atomic mass is 32.2. The van der Waals surface area contributed by atoms with E-state index in [0.29, 0.717) is 22.9 Å². The van der Waals surface area contributed by atoms with Crippen LogP contribution in [-0.2, 0) is 4.74 Å². The summed E-state index contributed by atoms with van der Waals surface area (Å²) in [6, 6.07) is 6.20. The second-order valence-corrected chi connectivity index (χ2v) is 10.1. The molecule has 2 fully saturated rings. The van der Waals surface area contributed by atoms with Gasteiger partial charge in [-0.3, -0.25) is 4.72 Å². The van der Waals surface area contributed by atoms with Crippen molar-refractivity contribution in [2.75, 3.05) is 29.9 Å². The predicted molar refractivity (Wildman–Crippen MR) is 119 cm³/mol. The molecule has 1 aliphatic heterocycles. The molecule has 0 amide bonds. The fourth-order valence-corrected chi connectivity index (χ4v) is 4.93. The quantitative estimate of drug-likeness (QED) is 0.616. The first kappa shape index (κ1) is 21.7. The van der Waals surface area contributed by atoms with Gasteiger partial charge < -0.3 is 15.0 Å². The van der Waals surface area contributed by atoms with Crippen molar-refractivity contribution in [3.8, 4) is 0 Å². The molecule has 0 unspecified atom stereocenters. The Morgan fingerprint density at radius 1 is 1.14 bits per heavy atom. The number of hydrogen-bond donors (Lipinski definition) is 2. The number of anilines is 2. The zero-order valence-electron chi connectivity index (χ0n) is 17.7. The van der Waals surface area contributed by atoms with Crippen LogP contribution in [0.4, 0.5) is 15.8 Å². The standard InChI is InChI=1S/C22H36FN3OS/c1-15(2)28-25-19-7-5-18(6-8-19)12-24-20-9-10-22(21(23)11-20)26-13-16(3)27-17(4)14-26/h9-11,15-19,24-25H,5-8,12-14H2,1-4H3/t16-,17+,18?,19?. The number of nitrogens with one attached hydrogen (secondary N) is 2. The highest BCUT2D eigenvalue weighted by Gasteiger charge is 2.25. The van der Waals surface area contributed by atoms with E-state index in [1.807, 2.05) is 37.9 Å². The van der Waals surface area contributed by atoms with Crippen LogP contribution < -0.4 is 14.9 Å². The third-order valence-electron chi connectivity index (χ3n) is 5.62. The second kappa shape index (κ2) is 10.2. The van der Waals surface area contributed by atoms with Crippen LogP contribution in [-0.4, -0.2) is 43.1 Å². The Hall–Kier alpha value is -0.980. The Labute approximate surface area is 174 Å². The average Bonchev–Trinajstić information content (AvgIpc) is 2.64. The zero-order chi connectivity index (χ0) is 20.1. The van der Waals surface area contributed by atoms with Gasteiger partial charge in [-0.1, -0.05) is 25.8 Å².